The van der Waals surface area contributed by atoms with Crippen molar-refractivity contribution in [1.82, 2.24) is 15.3 Å². The van der Waals surface area contributed by atoms with Gasteiger partial charge >= 0.3 is 6.61 Å². The van der Waals surface area contributed by atoms with E-state index in [1.165, 1.54) is 12.1 Å². The van der Waals surface area contributed by atoms with Gasteiger partial charge in [0.1, 0.15) is 11.6 Å². The maximum absolute atomic E-state index is 12.2. The number of hydrogen-bond donors (Lipinski definition) is 2. The molecule has 25 heavy (non-hydrogen) atoms. The molecule has 2 aromatic carbocycles. The van der Waals surface area contributed by atoms with Crippen molar-refractivity contribution in [3.05, 3.63) is 59.9 Å². The first-order valence-corrected chi connectivity index (χ1v) is 7.84. The number of alkyl halides is 2. The van der Waals surface area contributed by atoms with Crippen LogP contribution in [0.3, 0.4) is 0 Å². The number of carbonyl (C=O) groups excluding carboxylic acids is 1. The quantitative estimate of drug-likeness (QED) is 0.689. The van der Waals surface area contributed by atoms with Crippen LogP contribution >= 0.6 is 0 Å². The lowest BCUT2D eigenvalue weighted by Gasteiger charge is -2.08. The highest BCUT2D eigenvalue weighted by Gasteiger charge is 2.08. The Balaban J connectivity index is 1.49. The van der Waals surface area contributed by atoms with E-state index in [0.717, 1.165) is 16.9 Å². The molecule has 1 amide bonds. The Bertz CT molecular complexity index is 831. The summed E-state index contributed by atoms with van der Waals surface area (Å²) in [5.41, 5.74) is 2.50. The summed E-state index contributed by atoms with van der Waals surface area (Å²) in [6.07, 6.45) is 0.780. The van der Waals surface area contributed by atoms with Gasteiger partial charge < -0.3 is 15.0 Å². The van der Waals surface area contributed by atoms with Gasteiger partial charge in [-0.3, -0.25) is 4.79 Å². The largest absolute Gasteiger partial charge is 0.435 e. The van der Waals surface area contributed by atoms with Crippen LogP contribution in [0.2, 0.25) is 0 Å². The standard InChI is InChI=1S/C18H17F2N3O2/c19-18(20)25-13-5-3-4-12(10-13)11-21-17(24)9-8-16-22-14-6-1-2-7-15(14)23-16/h1-7,10,18H,8-9,11H2,(H,21,24)(H,22,23). The number of nitrogens with zero attached hydrogens (tertiary/aromatic N) is 1. The molecule has 0 saturated heterocycles. The number of carbonyl (C=O) groups is 1. The molecule has 3 rings (SSSR count). The maximum Gasteiger partial charge on any atom is 0.387 e. The number of H-pyrrole nitrogens is 1. The second-order valence-electron chi connectivity index (χ2n) is 5.50. The molecule has 2 N–H and O–H groups in total. The molecule has 130 valence electrons. The fraction of sp³-hybridized carbons (Fsp3) is 0.222. The van der Waals surface area contributed by atoms with Crippen molar-refractivity contribution in [2.45, 2.75) is 26.0 Å². The lowest BCUT2D eigenvalue weighted by molar-refractivity contribution is -0.121. The van der Waals surface area contributed by atoms with Crippen LogP contribution in [-0.2, 0) is 17.8 Å². The number of benzene rings is 2. The van der Waals surface area contributed by atoms with E-state index in [9.17, 15) is 13.6 Å². The Morgan fingerprint density at radius 1 is 1.20 bits per heavy atom. The van der Waals surface area contributed by atoms with Gasteiger partial charge in [-0.2, -0.15) is 8.78 Å². The molecule has 7 heteroatoms. The second kappa shape index (κ2) is 7.74. The third-order valence-corrected chi connectivity index (χ3v) is 3.64. The van der Waals surface area contributed by atoms with Gasteiger partial charge in [0.15, 0.2) is 0 Å². The number of aryl methyl sites for hydroxylation is 1. The number of amides is 1. The van der Waals surface area contributed by atoms with E-state index in [2.05, 4.69) is 20.0 Å². The molecule has 0 bridgehead atoms. The van der Waals surface area contributed by atoms with Crippen LogP contribution < -0.4 is 10.1 Å². The van der Waals surface area contributed by atoms with E-state index in [1.54, 1.807) is 12.1 Å². The molecule has 0 atom stereocenters. The van der Waals surface area contributed by atoms with Gasteiger partial charge in [-0.15, -0.1) is 0 Å². The number of ether oxygens (including phenoxy) is 1. The van der Waals surface area contributed by atoms with Gasteiger partial charge in [0.05, 0.1) is 11.0 Å². The normalized spacial score (nSPS) is 11.0. The minimum Gasteiger partial charge on any atom is -0.435 e. The highest BCUT2D eigenvalue weighted by molar-refractivity contribution is 5.77. The average molecular weight is 345 g/mol. The van der Waals surface area contributed by atoms with Crippen molar-refractivity contribution in [3.8, 4) is 5.75 Å². The lowest BCUT2D eigenvalue weighted by Crippen LogP contribution is -2.23. The van der Waals surface area contributed by atoms with Gasteiger partial charge in [0, 0.05) is 19.4 Å². The molecule has 0 aliphatic heterocycles. The molecular formula is C18H17F2N3O2. The zero-order valence-corrected chi connectivity index (χ0v) is 13.3. The predicted molar refractivity (Wildman–Crippen MR) is 89.3 cm³/mol. The summed E-state index contributed by atoms with van der Waals surface area (Å²) in [7, 11) is 0. The summed E-state index contributed by atoms with van der Waals surface area (Å²) in [4.78, 5) is 19.6. The fourth-order valence-electron chi connectivity index (χ4n) is 2.48. The minimum atomic E-state index is -2.87. The number of nitrogens with one attached hydrogen (secondary N) is 2. The summed E-state index contributed by atoms with van der Waals surface area (Å²) in [6, 6.07) is 13.9. The summed E-state index contributed by atoms with van der Waals surface area (Å²) in [6.45, 7) is -2.62. The first kappa shape index (κ1) is 16.9. The number of aromatic amines is 1. The van der Waals surface area contributed by atoms with Crippen molar-refractivity contribution >= 4 is 16.9 Å². The Morgan fingerprint density at radius 3 is 2.84 bits per heavy atom. The molecule has 0 unspecified atom stereocenters. The molecular weight excluding hydrogens is 328 g/mol. The summed E-state index contributed by atoms with van der Waals surface area (Å²) >= 11 is 0. The van der Waals surface area contributed by atoms with Crippen molar-refractivity contribution in [2.75, 3.05) is 0 Å². The average Bonchev–Trinajstić information content (AvgIpc) is 3.01. The Labute approximate surface area is 143 Å². The van der Waals surface area contributed by atoms with Gasteiger partial charge in [0.25, 0.3) is 0 Å². The van der Waals surface area contributed by atoms with Crippen molar-refractivity contribution in [2.24, 2.45) is 0 Å². The van der Waals surface area contributed by atoms with Crippen LogP contribution in [0.15, 0.2) is 48.5 Å². The van der Waals surface area contributed by atoms with Crippen LogP contribution in [-0.4, -0.2) is 22.5 Å². The van der Waals surface area contributed by atoms with E-state index in [-0.39, 0.29) is 24.6 Å². The number of aromatic nitrogens is 2. The molecule has 0 saturated carbocycles. The van der Waals surface area contributed by atoms with E-state index in [0.29, 0.717) is 12.0 Å². The van der Waals surface area contributed by atoms with Crippen molar-refractivity contribution in [1.29, 1.82) is 0 Å². The zero-order chi connectivity index (χ0) is 17.6. The first-order valence-electron chi connectivity index (χ1n) is 7.84. The molecule has 1 aromatic heterocycles. The number of hydrogen-bond acceptors (Lipinski definition) is 3. The van der Waals surface area contributed by atoms with Crippen LogP contribution in [0.4, 0.5) is 8.78 Å². The number of imidazole rings is 1. The number of halogens is 2. The third kappa shape index (κ3) is 4.76. The smallest absolute Gasteiger partial charge is 0.387 e. The van der Waals surface area contributed by atoms with E-state index in [4.69, 9.17) is 0 Å². The van der Waals surface area contributed by atoms with Gasteiger partial charge in [-0.05, 0) is 29.8 Å². The van der Waals surface area contributed by atoms with Gasteiger partial charge in [-0.25, -0.2) is 4.98 Å². The van der Waals surface area contributed by atoms with Crippen LogP contribution in [0, 0.1) is 0 Å². The van der Waals surface area contributed by atoms with Gasteiger partial charge in [-0.1, -0.05) is 24.3 Å². The third-order valence-electron chi connectivity index (χ3n) is 3.64. The highest BCUT2D eigenvalue weighted by atomic mass is 19.3. The summed E-state index contributed by atoms with van der Waals surface area (Å²) < 4.78 is 28.7. The number of rotatable bonds is 7. The SMILES string of the molecule is O=C(CCc1nc2ccccc2[nH]1)NCc1cccc(OC(F)F)c1. The zero-order valence-electron chi connectivity index (χ0n) is 13.3. The second-order valence-corrected chi connectivity index (χ2v) is 5.50. The van der Waals surface area contributed by atoms with E-state index < -0.39 is 6.61 Å². The Morgan fingerprint density at radius 2 is 2.04 bits per heavy atom. The molecule has 0 fully saturated rings. The van der Waals surface area contributed by atoms with Crippen molar-refractivity contribution in [3.63, 3.8) is 0 Å². The van der Waals surface area contributed by atoms with Crippen molar-refractivity contribution < 1.29 is 18.3 Å². The monoisotopic (exact) mass is 345 g/mol. The predicted octanol–water partition coefficient (Wildman–Crippen LogP) is 3.41. The Kier molecular flexibility index (Phi) is 5.23. The van der Waals surface area contributed by atoms with E-state index >= 15 is 0 Å². The van der Waals surface area contributed by atoms with E-state index in [1.807, 2.05) is 24.3 Å². The van der Waals surface area contributed by atoms with Gasteiger partial charge in [0.2, 0.25) is 5.91 Å². The lowest BCUT2D eigenvalue weighted by atomic mass is 10.2. The molecule has 0 spiro atoms. The first-order chi connectivity index (χ1) is 12.1. The highest BCUT2D eigenvalue weighted by Crippen LogP contribution is 2.16. The molecule has 0 radical (unpaired) electrons. The molecule has 5 nitrogen and oxygen atoms in total. The van der Waals surface area contributed by atoms with Crippen LogP contribution in [0.25, 0.3) is 11.0 Å². The van der Waals surface area contributed by atoms with Crippen LogP contribution in [0.1, 0.15) is 17.8 Å². The Hall–Kier alpha value is -2.96. The fourth-order valence-corrected chi connectivity index (χ4v) is 2.48. The number of para-hydroxylation sites is 2. The molecule has 3 aromatic rings. The summed E-state index contributed by atoms with van der Waals surface area (Å²) in [5.74, 6) is 0.688. The number of fused-ring (bicyclic) bond motifs is 1. The minimum absolute atomic E-state index is 0.0732. The summed E-state index contributed by atoms with van der Waals surface area (Å²) in [5, 5.41) is 2.76. The topological polar surface area (TPSA) is 67.0 Å². The molecule has 0 aliphatic carbocycles. The molecule has 1 heterocycles. The molecule has 0 aliphatic rings. The maximum atomic E-state index is 12.2. The van der Waals surface area contributed by atoms with Crippen LogP contribution in [0.5, 0.6) is 5.75 Å².